The molecule has 0 bridgehead atoms. The maximum atomic E-state index is 13.9. The highest BCUT2D eigenvalue weighted by Gasteiger charge is 2.14. The van der Waals surface area contributed by atoms with Gasteiger partial charge in [-0.25, -0.2) is 4.39 Å². The summed E-state index contributed by atoms with van der Waals surface area (Å²) in [6.45, 7) is 5.74. The number of nitrogens with one attached hydrogen (secondary N) is 2. The molecule has 2 N–H and O–H groups in total. The molecule has 8 heteroatoms. The molecule has 1 heterocycles. The fraction of sp³-hybridized carbons (Fsp3) is 0.632. The summed E-state index contributed by atoms with van der Waals surface area (Å²) in [5, 5.41) is 6.39. The third kappa shape index (κ3) is 9.07. The minimum atomic E-state index is -0.350. The topological polar surface area (TPSA) is 64.1 Å². The molecular weight excluding hydrogens is 464 g/mol. The fourth-order valence-electron chi connectivity index (χ4n) is 2.70. The SMILES string of the molecule is CCOc1ccc(CNC(=NC)NCCCOCC2CCCO2)cc1F.I. The fourth-order valence-corrected chi connectivity index (χ4v) is 2.70. The number of aliphatic imine (C=N–C) groups is 1. The first-order valence-electron chi connectivity index (χ1n) is 9.28. The maximum Gasteiger partial charge on any atom is 0.191 e. The second-order valence-electron chi connectivity index (χ2n) is 6.11. The van der Waals surface area contributed by atoms with E-state index in [4.69, 9.17) is 14.2 Å². The maximum absolute atomic E-state index is 13.9. The molecule has 1 aliphatic heterocycles. The second-order valence-corrected chi connectivity index (χ2v) is 6.11. The Hall–Kier alpha value is -1.13. The number of rotatable bonds is 10. The van der Waals surface area contributed by atoms with Gasteiger partial charge in [-0.1, -0.05) is 6.07 Å². The first-order chi connectivity index (χ1) is 12.7. The Kier molecular flexibility index (Phi) is 12.4. The minimum absolute atomic E-state index is 0. The summed E-state index contributed by atoms with van der Waals surface area (Å²) in [7, 11) is 1.71. The van der Waals surface area contributed by atoms with Crippen molar-refractivity contribution in [2.45, 2.75) is 38.8 Å². The third-order valence-corrected chi connectivity index (χ3v) is 4.07. The van der Waals surface area contributed by atoms with Gasteiger partial charge in [-0.3, -0.25) is 4.99 Å². The van der Waals surface area contributed by atoms with Gasteiger partial charge in [-0.15, -0.1) is 24.0 Å². The largest absolute Gasteiger partial charge is 0.491 e. The van der Waals surface area contributed by atoms with Crippen LogP contribution in [0.1, 0.15) is 31.7 Å². The van der Waals surface area contributed by atoms with E-state index in [9.17, 15) is 4.39 Å². The van der Waals surface area contributed by atoms with Gasteiger partial charge < -0.3 is 24.8 Å². The minimum Gasteiger partial charge on any atom is -0.491 e. The zero-order valence-electron chi connectivity index (χ0n) is 16.1. The monoisotopic (exact) mass is 495 g/mol. The number of benzene rings is 1. The van der Waals surface area contributed by atoms with Crippen molar-refractivity contribution >= 4 is 29.9 Å². The van der Waals surface area contributed by atoms with E-state index >= 15 is 0 Å². The Morgan fingerprint density at radius 2 is 2.22 bits per heavy atom. The van der Waals surface area contributed by atoms with Gasteiger partial charge in [-0.05, 0) is 43.9 Å². The molecule has 0 aromatic heterocycles. The lowest BCUT2D eigenvalue weighted by Crippen LogP contribution is -2.37. The van der Waals surface area contributed by atoms with Gasteiger partial charge in [0.15, 0.2) is 17.5 Å². The van der Waals surface area contributed by atoms with E-state index in [0.717, 1.165) is 38.0 Å². The van der Waals surface area contributed by atoms with Crippen molar-refractivity contribution in [1.29, 1.82) is 0 Å². The zero-order valence-corrected chi connectivity index (χ0v) is 18.5. The normalized spacial score (nSPS) is 16.7. The summed E-state index contributed by atoms with van der Waals surface area (Å²) in [4.78, 5) is 4.17. The van der Waals surface area contributed by atoms with Gasteiger partial charge in [0.1, 0.15) is 0 Å². The number of nitrogens with zero attached hydrogens (tertiary/aromatic N) is 1. The van der Waals surface area contributed by atoms with Crippen LogP contribution in [0.2, 0.25) is 0 Å². The van der Waals surface area contributed by atoms with Crippen molar-refractivity contribution in [1.82, 2.24) is 10.6 Å². The number of hydrogen-bond donors (Lipinski definition) is 2. The molecule has 1 saturated heterocycles. The zero-order chi connectivity index (χ0) is 18.6. The van der Waals surface area contributed by atoms with E-state index < -0.39 is 0 Å². The van der Waals surface area contributed by atoms with Gasteiger partial charge in [0.25, 0.3) is 0 Å². The van der Waals surface area contributed by atoms with Crippen LogP contribution in [0.15, 0.2) is 23.2 Å². The van der Waals surface area contributed by atoms with Crippen molar-refractivity contribution < 1.29 is 18.6 Å². The molecule has 2 rings (SSSR count). The van der Waals surface area contributed by atoms with E-state index in [1.165, 1.54) is 6.07 Å². The lowest BCUT2D eigenvalue weighted by Gasteiger charge is -2.13. The molecule has 0 radical (unpaired) electrons. The second kappa shape index (κ2) is 14.0. The lowest BCUT2D eigenvalue weighted by atomic mass is 10.2. The van der Waals surface area contributed by atoms with Gasteiger partial charge in [0.2, 0.25) is 0 Å². The van der Waals surface area contributed by atoms with E-state index in [2.05, 4.69) is 15.6 Å². The van der Waals surface area contributed by atoms with Crippen LogP contribution >= 0.6 is 24.0 Å². The molecule has 6 nitrogen and oxygen atoms in total. The average Bonchev–Trinajstić information content (AvgIpc) is 3.16. The van der Waals surface area contributed by atoms with Gasteiger partial charge in [0.05, 0.1) is 19.3 Å². The van der Waals surface area contributed by atoms with Crippen molar-refractivity contribution in [3.8, 4) is 5.75 Å². The van der Waals surface area contributed by atoms with Crippen molar-refractivity contribution in [3.05, 3.63) is 29.6 Å². The average molecular weight is 495 g/mol. The van der Waals surface area contributed by atoms with Crippen LogP contribution < -0.4 is 15.4 Å². The molecule has 1 aromatic carbocycles. The van der Waals surface area contributed by atoms with Crippen LogP contribution in [0, 0.1) is 5.82 Å². The summed E-state index contributed by atoms with van der Waals surface area (Å²) in [5.74, 6) is 0.609. The number of halogens is 2. The Morgan fingerprint density at radius 1 is 1.37 bits per heavy atom. The highest BCUT2D eigenvalue weighted by molar-refractivity contribution is 14.0. The van der Waals surface area contributed by atoms with Crippen LogP contribution in [-0.4, -0.2) is 52.1 Å². The summed E-state index contributed by atoms with van der Waals surface area (Å²) >= 11 is 0. The molecule has 154 valence electrons. The number of hydrogen-bond acceptors (Lipinski definition) is 4. The molecular formula is C19H31FIN3O3. The number of ether oxygens (including phenoxy) is 3. The Labute approximate surface area is 178 Å². The molecule has 0 amide bonds. The predicted molar refractivity (Wildman–Crippen MR) is 116 cm³/mol. The molecule has 1 aromatic rings. The Balaban J connectivity index is 0.00000364. The first-order valence-corrected chi connectivity index (χ1v) is 9.28. The van der Waals surface area contributed by atoms with Crippen LogP contribution in [0.25, 0.3) is 0 Å². The van der Waals surface area contributed by atoms with Gasteiger partial charge in [-0.2, -0.15) is 0 Å². The third-order valence-electron chi connectivity index (χ3n) is 4.07. The van der Waals surface area contributed by atoms with Crippen LogP contribution in [0.5, 0.6) is 5.75 Å². The molecule has 0 aliphatic carbocycles. The summed E-state index contributed by atoms with van der Waals surface area (Å²) < 4.78 is 30.2. The van der Waals surface area contributed by atoms with Gasteiger partial charge in [0, 0.05) is 33.4 Å². The highest BCUT2D eigenvalue weighted by Crippen LogP contribution is 2.18. The molecule has 27 heavy (non-hydrogen) atoms. The van der Waals surface area contributed by atoms with Crippen molar-refractivity contribution in [2.75, 3.05) is 40.0 Å². The summed E-state index contributed by atoms with van der Waals surface area (Å²) in [6.07, 6.45) is 3.38. The first kappa shape index (κ1) is 23.9. The number of guanidine groups is 1. The molecule has 0 saturated carbocycles. The van der Waals surface area contributed by atoms with Crippen LogP contribution in [0.4, 0.5) is 4.39 Å². The molecule has 1 unspecified atom stereocenters. The molecule has 1 aliphatic rings. The van der Waals surface area contributed by atoms with Crippen LogP contribution in [-0.2, 0) is 16.0 Å². The molecule has 1 fully saturated rings. The smallest absolute Gasteiger partial charge is 0.191 e. The lowest BCUT2D eigenvalue weighted by molar-refractivity contribution is 0.0168. The summed E-state index contributed by atoms with van der Waals surface area (Å²) in [6, 6.07) is 4.97. The standard InChI is InChI=1S/C19H30FN3O3.HI/c1-3-25-18-8-7-15(12-17(18)20)13-23-19(21-2)22-9-5-10-24-14-16-6-4-11-26-16;/h7-8,12,16H,3-6,9-11,13-14H2,1-2H3,(H2,21,22,23);1H. The molecule has 1 atom stereocenters. The van der Waals surface area contributed by atoms with E-state index in [0.29, 0.717) is 32.3 Å². The summed E-state index contributed by atoms with van der Waals surface area (Å²) in [5.41, 5.74) is 0.828. The molecule has 0 spiro atoms. The Morgan fingerprint density at radius 3 is 2.89 bits per heavy atom. The van der Waals surface area contributed by atoms with E-state index in [-0.39, 0.29) is 41.6 Å². The van der Waals surface area contributed by atoms with E-state index in [1.54, 1.807) is 13.1 Å². The van der Waals surface area contributed by atoms with Crippen molar-refractivity contribution in [2.24, 2.45) is 4.99 Å². The Bertz CT molecular complexity index is 569. The van der Waals surface area contributed by atoms with Crippen LogP contribution in [0.3, 0.4) is 0 Å². The quantitative estimate of drug-likeness (QED) is 0.226. The highest BCUT2D eigenvalue weighted by atomic mass is 127. The van der Waals surface area contributed by atoms with Crippen molar-refractivity contribution in [3.63, 3.8) is 0 Å². The van der Waals surface area contributed by atoms with Gasteiger partial charge >= 0.3 is 0 Å². The predicted octanol–water partition coefficient (Wildman–Crippen LogP) is 3.09. The van der Waals surface area contributed by atoms with E-state index in [1.807, 2.05) is 13.0 Å².